The van der Waals surface area contributed by atoms with Crippen LogP contribution in [0.25, 0.3) is 0 Å². The molecule has 0 saturated heterocycles. The number of guanidine groups is 1. The Balaban J connectivity index is 2.04. The summed E-state index contributed by atoms with van der Waals surface area (Å²) in [5.41, 5.74) is -1.80. The molecule has 2 rings (SSSR count). The van der Waals surface area contributed by atoms with Crippen molar-refractivity contribution in [2.75, 3.05) is 13.2 Å². The number of nitrogens with zero attached hydrogens (tertiary/aromatic N) is 2. The summed E-state index contributed by atoms with van der Waals surface area (Å²) in [6.07, 6.45) is -1.84. The largest absolute Gasteiger partial charge is 0.493 e. The number of alkyl carbamates (subject to hydrolysis) is 1. The molecular formula is C27H36N4O11S. The van der Waals surface area contributed by atoms with Crippen molar-refractivity contribution in [2.45, 2.75) is 71.0 Å². The number of aryl methyl sites for hydroxylation is 1. The Morgan fingerprint density at radius 2 is 1.58 bits per heavy atom. The Hall–Kier alpha value is -4.44. The van der Waals surface area contributed by atoms with Crippen molar-refractivity contribution < 1.29 is 46.2 Å². The maximum atomic E-state index is 12.8. The first kappa shape index (κ1) is 34.8. The standard InChI is InChI=1S/C27H36N4O11S/c1-18-15-19(17-20(16-18)42-43(36,37)22-12-9-8-11-21(22)31(34)35)38-13-10-14-39-30(25(33)41-27(5,6)7)23(28)29-24(32)40-26(2,3)4/h8-9,11-12,15-17H,10,13-14H2,1-7H3,(H2,28,29,32). The monoisotopic (exact) mass is 624 g/mol. The summed E-state index contributed by atoms with van der Waals surface area (Å²) >= 11 is 0. The van der Waals surface area contributed by atoms with Crippen molar-refractivity contribution in [3.8, 4) is 11.5 Å². The van der Waals surface area contributed by atoms with Gasteiger partial charge in [0, 0.05) is 18.6 Å². The summed E-state index contributed by atoms with van der Waals surface area (Å²) in [6, 6.07) is 9.14. The van der Waals surface area contributed by atoms with Gasteiger partial charge in [-0.05, 0) is 72.2 Å². The molecule has 0 atom stereocenters. The Bertz CT molecular complexity index is 1450. The molecule has 16 heteroatoms. The molecule has 236 valence electrons. The maximum absolute atomic E-state index is 12.8. The number of nitro benzene ring substituents is 1. The van der Waals surface area contributed by atoms with Crippen molar-refractivity contribution in [1.82, 2.24) is 10.4 Å². The molecule has 15 nitrogen and oxygen atoms in total. The van der Waals surface area contributed by atoms with E-state index in [1.54, 1.807) is 54.5 Å². The van der Waals surface area contributed by atoms with Crippen LogP contribution in [0.1, 0.15) is 53.5 Å². The topological polar surface area (TPSA) is 197 Å². The third kappa shape index (κ3) is 11.8. The number of nitrogens with one attached hydrogen (secondary N) is 2. The van der Waals surface area contributed by atoms with E-state index in [9.17, 15) is 28.1 Å². The molecule has 0 radical (unpaired) electrons. The fraction of sp³-hybridized carbons (Fsp3) is 0.444. The summed E-state index contributed by atoms with van der Waals surface area (Å²) < 4.78 is 46.7. The lowest BCUT2D eigenvalue weighted by molar-refractivity contribution is -0.387. The lowest BCUT2D eigenvalue weighted by Gasteiger charge is -2.27. The van der Waals surface area contributed by atoms with E-state index in [0.717, 1.165) is 12.1 Å². The van der Waals surface area contributed by atoms with E-state index in [-0.39, 0.29) is 31.1 Å². The molecule has 2 aromatic carbocycles. The number of nitro groups is 1. The third-order valence-corrected chi connectivity index (χ3v) is 6.02. The third-order valence-electron chi connectivity index (χ3n) is 4.72. The van der Waals surface area contributed by atoms with Crippen LogP contribution in [0.4, 0.5) is 15.3 Å². The van der Waals surface area contributed by atoms with Crippen molar-refractivity contribution in [1.29, 1.82) is 5.41 Å². The van der Waals surface area contributed by atoms with Gasteiger partial charge >= 0.3 is 22.3 Å². The SMILES string of the molecule is Cc1cc(OCCCON(C(=N)NC(=O)OC(C)(C)C)C(=O)OC(C)(C)C)cc(OS(=O)(=O)c2ccccc2[N+](=O)[O-])c1. The second-order valence-corrected chi connectivity index (χ2v) is 12.5. The van der Waals surface area contributed by atoms with Gasteiger partial charge in [-0.1, -0.05) is 12.1 Å². The minimum atomic E-state index is -4.54. The number of benzene rings is 2. The molecule has 0 heterocycles. The molecule has 0 aromatic heterocycles. The quantitative estimate of drug-likeness (QED) is 0.0894. The van der Waals surface area contributed by atoms with Crippen LogP contribution in [0.3, 0.4) is 0 Å². The van der Waals surface area contributed by atoms with E-state index >= 15 is 0 Å². The average Bonchev–Trinajstić information content (AvgIpc) is 2.83. The van der Waals surface area contributed by atoms with Crippen LogP contribution in [0, 0.1) is 22.4 Å². The fourth-order valence-corrected chi connectivity index (χ4v) is 4.29. The van der Waals surface area contributed by atoms with E-state index in [1.165, 1.54) is 24.3 Å². The highest BCUT2D eigenvalue weighted by molar-refractivity contribution is 7.87. The van der Waals surface area contributed by atoms with Gasteiger partial charge in [-0.15, -0.1) is 5.06 Å². The average molecular weight is 625 g/mol. The molecule has 43 heavy (non-hydrogen) atoms. The molecule has 0 fully saturated rings. The molecule has 0 aliphatic rings. The summed E-state index contributed by atoms with van der Waals surface area (Å²) in [5, 5.41) is 22.0. The molecule has 0 aliphatic heterocycles. The lowest BCUT2D eigenvalue weighted by Crippen LogP contribution is -2.49. The Kier molecular flexibility index (Phi) is 11.4. The molecule has 0 unspecified atom stereocenters. The van der Waals surface area contributed by atoms with Gasteiger partial charge in [0.15, 0.2) is 4.90 Å². The number of para-hydroxylation sites is 1. The Labute approximate surface area is 249 Å². The molecule has 0 aliphatic carbocycles. The molecule has 2 amide bonds. The molecule has 0 spiro atoms. The number of amides is 2. The minimum absolute atomic E-state index is 0.0226. The normalized spacial score (nSPS) is 11.7. The molecule has 0 saturated carbocycles. The summed E-state index contributed by atoms with van der Waals surface area (Å²) in [4.78, 5) is 39.9. The number of carbonyl (C=O) groups is 2. The van der Waals surface area contributed by atoms with E-state index in [0.29, 0.717) is 10.6 Å². The van der Waals surface area contributed by atoms with Gasteiger partial charge in [-0.25, -0.2) is 9.59 Å². The molecule has 2 aromatic rings. The van der Waals surface area contributed by atoms with Crippen molar-refractivity contribution in [2.24, 2.45) is 0 Å². The Morgan fingerprint density at radius 3 is 2.19 bits per heavy atom. The first-order chi connectivity index (χ1) is 19.8. The first-order valence-corrected chi connectivity index (χ1v) is 14.4. The van der Waals surface area contributed by atoms with Gasteiger partial charge in [0.2, 0.25) is 5.96 Å². The van der Waals surface area contributed by atoms with Gasteiger partial charge in [0.05, 0.1) is 18.1 Å². The van der Waals surface area contributed by atoms with Crippen LogP contribution in [0.15, 0.2) is 47.4 Å². The van der Waals surface area contributed by atoms with Crippen LogP contribution in [-0.4, -0.2) is 61.0 Å². The van der Waals surface area contributed by atoms with Crippen LogP contribution in [-0.2, 0) is 24.4 Å². The number of rotatable bonds is 10. The van der Waals surface area contributed by atoms with Gasteiger partial charge < -0.3 is 18.4 Å². The second kappa shape index (κ2) is 14.2. The second-order valence-electron chi connectivity index (χ2n) is 11.0. The number of carbonyl (C=O) groups excluding carboxylic acids is 2. The van der Waals surface area contributed by atoms with E-state index < -0.39 is 55.0 Å². The summed E-state index contributed by atoms with van der Waals surface area (Å²) in [6.45, 7) is 11.3. The zero-order chi connectivity index (χ0) is 32.6. The van der Waals surface area contributed by atoms with Gasteiger partial charge in [-0.3, -0.25) is 25.7 Å². The van der Waals surface area contributed by atoms with Gasteiger partial charge in [-0.2, -0.15) is 8.42 Å². The Morgan fingerprint density at radius 1 is 0.977 bits per heavy atom. The number of hydrogen-bond donors (Lipinski definition) is 2. The predicted octanol–water partition coefficient (Wildman–Crippen LogP) is 5.07. The predicted molar refractivity (Wildman–Crippen MR) is 153 cm³/mol. The molecule has 0 bridgehead atoms. The fourth-order valence-electron chi connectivity index (χ4n) is 3.20. The number of hydroxylamine groups is 2. The lowest BCUT2D eigenvalue weighted by atomic mass is 10.2. The van der Waals surface area contributed by atoms with Crippen molar-refractivity contribution in [3.63, 3.8) is 0 Å². The summed E-state index contributed by atoms with van der Waals surface area (Å²) in [7, 11) is -4.54. The van der Waals surface area contributed by atoms with Crippen molar-refractivity contribution in [3.05, 3.63) is 58.1 Å². The van der Waals surface area contributed by atoms with Gasteiger partial charge in [0.25, 0.3) is 5.69 Å². The van der Waals surface area contributed by atoms with Crippen LogP contribution < -0.4 is 14.2 Å². The van der Waals surface area contributed by atoms with Crippen LogP contribution >= 0.6 is 0 Å². The minimum Gasteiger partial charge on any atom is -0.493 e. The molecule has 2 N–H and O–H groups in total. The van der Waals surface area contributed by atoms with E-state index in [1.807, 2.05) is 0 Å². The number of ether oxygens (including phenoxy) is 3. The highest BCUT2D eigenvalue weighted by Crippen LogP contribution is 2.29. The van der Waals surface area contributed by atoms with Crippen LogP contribution in [0.2, 0.25) is 0 Å². The van der Waals surface area contributed by atoms with E-state index in [2.05, 4.69) is 5.32 Å². The highest BCUT2D eigenvalue weighted by atomic mass is 32.2. The van der Waals surface area contributed by atoms with Gasteiger partial charge in [0.1, 0.15) is 22.7 Å². The maximum Gasteiger partial charge on any atom is 0.442 e. The smallest absolute Gasteiger partial charge is 0.442 e. The number of hydrogen-bond acceptors (Lipinski definition) is 12. The van der Waals surface area contributed by atoms with E-state index in [4.69, 9.17) is 28.6 Å². The molecular weight excluding hydrogens is 588 g/mol. The zero-order valence-electron chi connectivity index (χ0n) is 25.0. The first-order valence-electron chi connectivity index (χ1n) is 12.9. The highest BCUT2D eigenvalue weighted by Gasteiger charge is 2.29. The summed E-state index contributed by atoms with van der Waals surface area (Å²) in [5.74, 6) is -0.622. The van der Waals surface area contributed by atoms with Crippen molar-refractivity contribution >= 4 is 34.0 Å². The van der Waals surface area contributed by atoms with Crippen LogP contribution in [0.5, 0.6) is 11.5 Å². The zero-order valence-corrected chi connectivity index (χ0v) is 25.8.